The van der Waals surface area contributed by atoms with Crippen LogP contribution in [0.15, 0.2) is 0 Å². The van der Waals surface area contributed by atoms with Crippen LogP contribution in [0.3, 0.4) is 0 Å². The Kier molecular flexibility index (Phi) is 73.8. The van der Waals surface area contributed by atoms with Gasteiger partial charge in [-0.25, -0.2) is 9.13 Å². The van der Waals surface area contributed by atoms with Crippen molar-refractivity contribution in [2.45, 2.75) is 457 Å². The number of phosphoric ester groups is 2. The predicted octanol–water partition coefficient (Wildman–Crippen LogP) is 24.6. The van der Waals surface area contributed by atoms with E-state index in [9.17, 15) is 43.2 Å². The van der Waals surface area contributed by atoms with Crippen molar-refractivity contribution in [3.63, 3.8) is 0 Å². The first-order chi connectivity index (χ1) is 48.7. The van der Waals surface area contributed by atoms with Crippen molar-refractivity contribution in [3.8, 4) is 0 Å². The van der Waals surface area contributed by atoms with Crippen molar-refractivity contribution in [3.05, 3.63) is 0 Å². The third kappa shape index (κ3) is 74.3. The summed E-state index contributed by atoms with van der Waals surface area (Å²) in [6.45, 7) is 5.02. The molecule has 0 aromatic carbocycles. The Hall–Kier alpha value is -1.94. The van der Waals surface area contributed by atoms with Crippen LogP contribution in [0.5, 0.6) is 0 Å². The first kappa shape index (κ1) is 98.1. The van der Waals surface area contributed by atoms with E-state index in [-0.39, 0.29) is 25.7 Å². The molecule has 0 aromatic heterocycles. The number of hydrogen-bond acceptors (Lipinski definition) is 15. The largest absolute Gasteiger partial charge is 0.472 e. The molecule has 0 aliphatic rings. The van der Waals surface area contributed by atoms with Crippen LogP contribution in [0.25, 0.3) is 0 Å². The van der Waals surface area contributed by atoms with E-state index < -0.39 is 97.5 Å². The highest BCUT2D eigenvalue weighted by molar-refractivity contribution is 7.47. The summed E-state index contributed by atoms with van der Waals surface area (Å²) in [7, 11) is -9.91. The minimum absolute atomic E-state index is 0.108. The van der Waals surface area contributed by atoms with Gasteiger partial charge in [0.1, 0.15) is 19.3 Å². The molecule has 0 spiro atoms. The number of ether oxygens (including phenoxy) is 4. The number of unbranched alkanes of at least 4 members (excludes halogenated alkanes) is 56. The van der Waals surface area contributed by atoms with Gasteiger partial charge in [-0.05, 0) is 25.7 Å². The zero-order valence-corrected chi connectivity index (χ0v) is 67.0. The molecule has 0 aromatic rings. The van der Waals surface area contributed by atoms with Crippen LogP contribution < -0.4 is 0 Å². The number of carbonyl (C=O) groups is 4. The van der Waals surface area contributed by atoms with Gasteiger partial charge >= 0.3 is 39.5 Å². The monoisotopic (exact) mass is 1470 g/mol. The molecule has 0 rings (SSSR count). The van der Waals surface area contributed by atoms with E-state index in [4.69, 9.17) is 37.0 Å². The van der Waals surface area contributed by atoms with Crippen LogP contribution in [0.1, 0.15) is 439 Å². The first-order valence-electron chi connectivity index (χ1n) is 42.3. The highest BCUT2D eigenvalue weighted by Gasteiger charge is 2.30. The van der Waals surface area contributed by atoms with Crippen molar-refractivity contribution in [2.75, 3.05) is 39.6 Å². The van der Waals surface area contributed by atoms with E-state index in [2.05, 4.69) is 27.7 Å². The number of aliphatic hydroxyl groups is 1. The maximum Gasteiger partial charge on any atom is 0.472 e. The standard InChI is InChI=1S/C81H158O17P2/c1-5-9-13-17-21-25-29-32-34-35-36-37-38-39-40-42-45-48-52-56-60-64-68-81(86)98-77(72-92-79(84)66-62-58-54-50-46-44-41-33-30-26-22-18-14-10-6-2)74-96-100(89,90)94-70-75(82)69-93-99(87,88)95-73-76(71-91-78(83)65-61-57-53-49-28-24-20-16-12-8-4)97-80(85)67-63-59-55-51-47-43-31-27-23-19-15-11-7-3/h75-77,82H,5-74H2,1-4H3,(H,87,88)(H,89,90)/t75-,76+,77+/m0/s1. The van der Waals surface area contributed by atoms with Crippen molar-refractivity contribution in [2.24, 2.45) is 0 Å². The zero-order valence-electron chi connectivity index (χ0n) is 65.2. The van der Waals surface area contributed by atoms with E-state index in [1.807, 2.05) is 0 Å². The fourth-order valence-corrected chi connectivity index (χ4v) is 14.2. The molecule has 0 heterocycles. The van der Waals surface area contributed by atoms with Crippen molar-refractivity contribution in [1.82, 2.24) is 0 Å². The minimum Gasteiger partial charge on any atom is -0.462 e. The summed E-state index contributed by atoms with van der Waals surface area (Å²) in [6, 6.07) is 0. The summed E-state index contributed by atoms with van der Waals surface area (Å²) >= 11 is 0. The summed E-state index contributed by atoms with van der Waals surface area (Å²) in [5.41, 5.74) is 0. The van der Waals surface area contributed by atoms with Crippen molar-refractivity contribution >= 4 is 39.5 Å². The second-order valence-electron chi connectivity index (χ2n) is 29.2. The zero-order chi connectivity index (χ0) is 73.2. The lowest BCUT2D eigenvalue weighted by Crippen LogP contribution is -2.30. The molecule has 5 atom stereocenters. The summed E-state index contributed by atoms with van der Waals surface area (Å²) < 4.78 is 68.7. The number of hydrogen-bond donors (Lipinski definition) is 3. The lowest BCUT2D eigenvalue weighted by atomic mass is 10.0. The SMILES string of the molecule is CCCCCCCCCCCCCCCCCCCCCCCCC(=O)O[C@H](COC(=O)CCCCCCCCCCCCCCCCC)COP(=O)(O)OC[C@@H](O)COP(=O)(O)OC[C@@H](COC(=O)CCCCCCCCCCCC)OC(=O)CCCCCCCCCCCCCCC. The molecule has 0 radical (unpaired) electrons. The fraction of sp³-hybridized carbons (Fsp3) is 0.951. The van der Waals surface area contributed by atoms with Crippen LogP contribution in [0.4, 0.5) is 0 Å². The maximum atomic E-state index is 13.1. The molecular weight excluding hydrogens is 1310 g/mol. The van der Waals surface area contributed by atoms with Crippen LogP contribution in [0, 0.1) is 0 Å². The molecule has 0 fully saturated rings. The summed E-state index contributed by atoms with van der Waals surface area (Å²) in [5, 5.41) is 10.6. The average Bonchev–Trinajstić information content (AvgIpc) is 0.923. The Morgan fingerprint density at radius 3 is 0.590 bits per heavy atom. The van der Waals surface area contributed by atoms with Gasteiger partial charge in [0.25, 0.3) is 0 Å². The number of carbonyl (C=O) groups excluding carboxylic acids is 4. The third-order valence-electron chi connectivity index (χ3n) is 19.1. The number of phosphoric acid groups is 2. The van der Waals surface area contributed by atoms with E-state index >= 15 is 0 Å². The van der Waals surface area contributed by atoms with E-state index in [1.165, 1.54) is 270 Å². The molecule has 100 heavy (non-hydrogen) atoms. The summed E-state index contributed by atoms with van der Waals surface area (Å²) in [5.74, 6) is -2.10. The Bertz CT molecular complexity index is 1890. The van der Waals surface area contributed by atoms with E-state index in [0.717, 1.165) is 89.9 Å². The average molecular weight is 1470 g/mol. The highest BCUT2D eigenvalue weighted by atomic mass is 31.2. The van der Waals surface area contributed by atoms with Crippen LogP contribution >= 0.6 is 15.6 Å². The van der Waals surface area contributed by atoms with Crippen molar-refractivity contribution in [1.29, 1.82) is 0 Å². The molecule has 0 saturated carbocycles. The van der Waals surface area contributed by atoms with Gasteiger partial charge in [0, 0.05) is 25.7 Å². The topological polar surface area (TPSA) is 237 Å². The lowest BCUT2D eigenvalue weighted by molar-refractivity contribution is -0.161. The second kappa shape index (κ2) is 75.3. The molecule has 2 unspecified atom stereocenters. The van der Waals surface area contributed by atoms with Gasteiger partial charge in [-0.2, -0.15) is 0 Å². The Morgan fingerprint density at radius 2 is 0.400 bits per heavy atom. The van der Waals surface area contributed by atoms with Crippen molar-refractivity contribution < 1.29 is 80.2 Å². The van der Waals surface area contributed by atoms with Gasteiger partial charge in [0.2, 0.25) is 0 Å². The van der Waals surface area contributed by atoms with Gasteiger partial charge in [-0.3, -0.25) is 37.3 Å². The van der Waals surface area contributed by atoms with Gasteiger partial charge < -0.3 is 33.8 Å². The first-order valence-corrected chi connectivity index (χ1v) is 45.3. The van der Waals surface area contributed by atoms with Gasteiger partial charge in [0.15, 0.2) is 12.2 Å². The molecule has 594 valence electrons. The second-order valence-corrected chi connectivity index (χ2v) is 32.1. The predicted molar refractivity (Wildman–Crippen MR) is 409 cm³/mol. The summed E-state index contributed by atoms with van der Waals surface area (Å²) in [6.07, 6.45) is 68.0. The van der Waals surface area contributed by atoms with E-state index in [0.29, 0.717) is 25.7 Å². The molecule has 0 saturated heterocycles. The molecule has 19 heteroatoms. The van der Waals surface area contributed by atoms with Crippen LogP contribution in [0.2, 0.25) is 0 Å². The highest BCUT2D eigenvalue weighted by Crippen LogP contribution is 2.45. The van der Waals surface area contributed by atoms with Crippen LogP contribution in [-0.2, 0) is 65.4 Å². The normalized spacial score (nSPS) is 13.8. The molecule has 17 nitrogen and oxygen atoms in total. The minimum atomic E-state index is -4.96. The quantitative estimate of drug-likeness (QED) is 0.0222. The Balaban J connectivity index is 5.20. The molecular formula is C81H158O17P2. The smallest absolute Gasteiger partial charge is 0.462 e. The summed E-state index contributed by atoms with van der Waals surface area (Å²) in [4.78, 5) is 73.0. The molecule has 0 aliphatic carbocycles. The van der Waals surface area contributed by atoms with Gasteiger partial charge in [-0.1, -0.05) is 387 Å². The fourth-order valence-electron chi connectivity index (χ4n) is 12.6. The lowest BCUT2D eigenvalue weighted by Gasteiger charge is -2.21. The Labute approximate surface area is 613 Å². The molecule has 0 amide bonds. The number of aliphatic hydroxyl groups excluding tert-OH is 1. The Morgan fingerprint density at radius 1 is 0.240 bits per heavy atom. The molecule has 0 bridgehead atoms. The number of esters is 4. The van der Waals surface area contributed by atoms with E-state index in [1.54, 1.807) is 0 Å². The maximum absolute atomic E-state index is 13.1. The third-order valence-corrected chi connectivity index (χ3v) is 21.0. The molecule has 0 aliphatic heterocycles. The van der Waals surface area contributed by atoms with Gasteiger partial charge in [0.05, 0.1) is 26.4 Å². The van der Waals surface area contributed by atoms with Crippen LogP contribution in [-0.4, -0.2) is 96.7 Å². The molecule has 3 N–H and O–H groups in total. The number of rotatable bonds is 82. The van der Waals surface area contributed by atoms with Gasteiger partial charge in [-0.15, -0.1) is 0 Å².